The maximum atomic E-state index is 12.9. The Morgan fingerprint density at radius 3 is 2.55 bits per heavy atom. The van der Waals surface area contributed by atoms with Crippen LogP contribution in [0.2, 0.25) is 5.02 Å². The summed E-state index contributed by atoms with van der Waals surface area (Å²) in [5.74, 6) is -1.31. The lowest BCUT2D eigenvalue weighted by atomic mass is 10.0. The van der Waals surface area contributed by atoms with Gasteiger partial charge in [-0.15, -0.1) is 3.89 Å². The lowest BCUT2D eigenvalue weighted by molar-refractivity contribution is -0.117. The molecule has 7 heteroatoms. The average molecular weight is 348 g/mol. The van der Waals surface area contributed by atoms with Crippen molar-refractivity contribution in [3.8, 4) is 0 Å². The molecule has 1 unspecified atom stereocenters. The molecule has 1 amide bonds. The van der Waals surface area contributed by atoms with Crippen LogP contribution in [0.5, 0.6) is 0 Å². The van der Waals surface area contributed by atoms with Gasteiger partial charge < -0.3 is 4.90 Å². The Kier molecular flexibility index (Phi) is 5.12. The fourth-order valence-electron chi connectivity index (χ4n) is 3.01. The summed E-state index contributed by atoms with van der Waals surface area (Å²) in [6.45, 7) is 4.15. The van der Waals surface area contributed by atoms with Crippen molar-refractivity contribution in [2.24, 2.45) is 5.92 Å². The van der Waals surface area contributed by atoms with Gasteiger partial charge in [0.1, 0.15) is 0 Å². The molecule has 1 heterocycles. The molecule has 22 heavy (non-hydrogen) atoms. The van der Waals surface area contributed by atoms with Crippen LogP contribution in [0.1, 0.15) is 31.4 Å². The molecule has 1 fully saturated rings. The van der Waals surface area contributed by atoms with Crippen molar-refractivity contribution in [3.05, 3.63) is 28.3 Å². The van der Waals surface area contributed by atoms with Gasteiger partial charge in [0.05, 0.1) is 11.4 Å². The Morgan fingerprint density at radius 1 is 1.32 bits per heavy atom. The van der Waals surface area contributed by atoms with E-state index >= 15 is 0 Å². The highest BCUT2D eigenvalue weighted by atomic mass is 35.5. The highest BCUT2D eigenvalue weighted by Gasteiger charge is 2.35. The zero-order valence-corrected chi connectivity index (χ0v) is 14.2. The zero-order chi connectivity index (χ0) is 16.5. The van der Waals surface area contributed by atoms with Crippen LogP contribution in [0.3, 0.4) is 0 Å². The summed E-state index contributed by atoms with van der Waals surface area (Å²) in [6, 6.07) is 3.69. The molecule has 0 saturated carbocycles. The van der Waals surface area contributed by atoms with Gasteiger partial charge in [-0.25, -0.2) is 0 Å². The maximum Gasteiger partial charge on any atom is 0.302 e. The second kappa shape index (κ2) is 6.54. The van der Waals surface area contributed by atoms with Crippen LogP contribution in [0.25, 0.3) is 0 Å². The number of hydrogen-bond donors (Lipinski definition) is 0. The summed E-state index contributed by atoms with van der Waals surface area (Å²) < 4.78 is 34.5. The van der Waals surface area contributed by atoms with E-state index in [1.165, 1.54) is 0 Å². The first-order chi connectivity index (χ1) is 10.3. The molecular weight excluding hydrogens is 329 g/mol. The SMILES string of the molecule is CCc1ccc(Cl)c(CC)c1N1CC(CS(=O)(=O)F)CC1=O. The minimum absolute atomic E-state index is 0.0436. The van der Waals surface area contributed by atoms with Crippen LogP contribution in [0.4, 0.5) is 9.57 Å². The van der Waals surface area contributed by atoms with E-state index in [2.05, 4.69) is 0 Å². The number of halogens is 2. The topological polar surface area (TPSA) is 54.5 Å². The van der Waals surface area contributed by atoms with Crippen LogP contribution in [-0.4, -0.2) is 26.6 Å². The van der Waals surface area contributed by atoms with Crippen molar-refractivity contribution >= 4 is 33.4 Å². The van der Waals surface area contributed by atoms with Crippen LogP contribution in [0, 0.1) is 5.92 Å². The van der Waals surface area contributed by atoms with E-state index in [9.17, 15) is 17.1 Å². The molecule has 1 saturated heterocycles. The van der Waals surface area contributed by atoms with Gasteiger partial charge in [0, 0.05) is 23.9 Å². The van der Waals surface area contributed by atoms with E-state index in [-0.39, 0.29) is 18.9 Å². The summed E-state index contributed by atoms with van der Waals surface area (Å²) in [4.78, 5) is 13.9. The monoisotopic (exact) mass is 347 g/mol. The number of amides is 1. The van der Waals surface area contributed by atoms with Gasteiger partial charge in [0.25, 0.3) is 0 Å². The van der Waals surface area contributed by atoms with Crippen LogP contribution in [0.15, 0.2) is 12.1 Å². The Morgan fingerprint density at radius 2 is 2.00 bits per heavy atom. The highest BCUT2D eigenvalue weighted by molar-refractivity contribution is 7.86. The second-order valence-corrected chi connectivity index (χ2v) is 7.34. The van der Waals surface area contributed by atoms with Crippen LogP contribution in [-0.2, 0) is 27.9 Å². The Hall–Kier alpha value is -1.14. The number of rotatable bonds is 5. The molecule has 0 N–H and O–H groups in total. The Bertz CT molecular complexity index is 690. The van der Waals surface area contributed by atoms with Crippen molar-refractivity contribution in [1.29, 1.82) is 0 Å². The third-order valence-corrected chi connectivity index (χ3v) is 5.18. The second-order valence-electron chi connectivity index (χ2n) is 5.52. The quantitative estimate of drug-likeness (QED) is 0.769. The third kappa shape index (κ3) is 3.60. The first-order valence-electron chi connectivity index (χ1n) is 7.29. The fourth-order valence-corrected chi connectivity index (χ4v) is 4.08. The predicted molar refractivity (Wildman–Crippen MR) is 85.6 cm³/mol. The number of carbonyl (C=O) groups excluding carboxylic acids is 1. The average Bonchev–Trinajstić information content (AvgIpc) is 2.76. The molecule has 122 valence electrons. The predicted octanol–water partition coefficient (Wildman–Crippen LogP) is 3.12. The van der Waals surface area contributed by atoms with Crippen LogP contribution >= 0.6 is 11.6 Å². The molecule has 0 aliphatic carbocycles. The normalized spacial score (nSPS) is 19.0. The van der Waals surface area contributed by atoms with E-state index in [0.717, 1.165) is 23.2 Å². The van der Waals surface area contributed by atoms with Crippen LogP contribution < -0.4 is 4.90 Å². The Balaban J connectivity index is 2.40. The van der Waals surface area contributed by atoms with Gasteiger partial charge in [-0.05, 0) is 30.0 Å². The van der Waals surface area contributed by atoms with Crippen molar-refractivity contribution in [3.63, 3.8) is 0 Å². The molecule has 2 rings (SSSR count). The van der Waals surface area contributed by atoms with Gasteiger partial charge in [0.15, 0.2) is 0 Å². The van der Waals surface area contributed by atoms with Crippen molar-refractivity contribution in [1.82, 2.24) is 0 Å². The molecule has 1 aromatic rings. The number of hydrogen-bond acceptors (Lipinski definition) is 3. The van der Waals surface area contributed by atoms with Crippen molar-refractivity contribution < 1.29 is 17.1 Å². The van der Waals surface area contributed by atoms with Crippen molar-refractivity contribution in [2.75, 3.05) is 17.2 Å². The van der Waals surface area contributed by atoms with E-state index in [1.807, 2.05) is 26.0 Å². The summed E-state index contributed by atoms with van der Waals surface area (Å²) in [6.07, 6.45) is 1.44. The minimum Gasteiger partial charge on any atom is -0.311 e. The van der Waals surface area contributed by atoms with E-state index in [0.29, 0.717) is 11.4 Å². The standard InChI is InChI=1S/C15H19ClFNO3S/c1-3-11-5-6-13(16)12(4-2)15(11)18-8-10(7-14(18)19)9-22(17,20)21/h5-6,10H,3-4,7-9H2,1-2H3. The summed E-state index contributed by atoms with van der Waals surface area (Å²) in [5, 5.41) is 0.587. The van der Waals surface area contributed by atoms with Gasteiger partial charge in [0.2, 0.25) is 5.91 Å². The molecule has 0 bridgehead atoms. The third-order valence-electron chi connectivity index (χ3n) is 3.95. The number of benzene rings is 1. The lowest BCUT2D eigenvalue weighted by Crippen LogP contribution is -2.27. The number of anilines is 1. The molecule has 1 aromatic carbocycles. The molecule has 0 spiro atoms. The van der Waals surface area contributed by atoms with E-state index in [4.69, 9.17) is 11.6 Å². The molecule has 1 atom stereocenters. The summed E-state index contributed by atoms with van der Waals surface area (Å²) in [7, 11) is -4.58. The van der Waals surface area contributed by atoms with Gasteiger partial charge in [-0.2, -0.15) is 8.42 Å². The first-order valence-corrected chi connectivity index (χ1v) is 9.22. The first kappa shape index (κ1) is 17.2. The Labute approximate surface area is 135 Å². The summed E-state index contributed by atoms with van der Waals surface area (Å²) >= 11 is 6.23. The molecule has 1 aliphatic rings. The minimum atomic E-state index is -4.58. The van der Waals surface area contributed by atoms with Gasteiger partial charge in [-0.1, -0.05) is 31.5 Å². The van der Waals surface area contributed by atoms with Gasteiger partial charge in [-0.3, -0.25) is 4.79 Å². The van der Waals surface area contributed by atoms with Crippen molar-refractivity contribution in [2.45, 2.75) is 33.1 Å². The van der Waals surface area contributed by atoms with E-state index < -0.39 is 21.9 Å². The largest absolute Gasteiger partial charge is 0.311 e. The smallest absolute Gasteiger partial charge is 0.302 e. The lowest BCUT2D eigenvalue weighted by Gasteiger charge is -2.24. The maximum absolute atomic E-state index is 12.9. The molecule has 0 radical (unpaired) electrons. The molecule has 1 aliphatic heterocycles. The number of aryl methyl sites for hydroxylation is 1. The highest BCUT2D eigenvalue weighted by Crippen LogP contribution is 2.36. The molecular formula is C15H19ClFNO3S. The fraction of sp³-hybridized carbons (Fsp3) is 0.533. The molecule has 0 aromatic heterocycles. The molecule has 4 nitrogen and oxygen atoms in total. The zero-order valence-electron chi connectivity index (χ0n) is 12.6. The van der Waals surface area contributed by atoms with Gasteiger partial charge >= 0.3 is 10.2 Å². The summed E-state index contributed by atoms with van der Waals surface area (Å²) in [5.41, 5.74) is 2.62. The van der Waals surface area contributed by atoms with E-state index in [1.54, 1.807) is 4.90 Å². The number of carbonyl (C=O) groups is 1. The number of nitrogens with zero attached hydrogens (tertiary/aromatic N) is 1.